The third-order valence-corrected chi connectivity index (χ3v) is 3.21. The Kier molecular flexibility index (Phi) is 6.44. The van der Waals surface area contributed by atoms with Gasteiger partial charge in [0.15, 0.2) is 11.6 Å². The maximum Gasteiger partial charge on any atom is 0.169 e. The van der Waals surface area contributed by atoms with Crippen molar-refractivity contribution in [2.24, 2.45) is 0 Å². The van der Waals surface area contributed by atoms with E-state index in [1.165, 1.54) is 7.11 Å². The monoisotopic (exact) mass is 273 g/mol. The Morgan fingerprint density at radius 3 is 2.67 bits per heavy atom. The van der Waals surface area contributed by atoms with Crippen molar-refractivity contribution < 1.29 is 9.13 Å². The molecule has 102 valence electrons. The minimum absolute atomic E-state index is 0.267. The van der Waals surface area contributed by atoms with Crippen LogP contribution >= 0.6 is 11.6 Å². The lowest BCUT2D eigenvalue weighted by atomic mass is 10.1. The Bertz CT molecular complexity index is 371. The summed E-state index contributed by atoms with van der Waals surface area (Å²) in [6, 6.07) is 5.61. The van der Waals surface area contributed by atoms with Crippen LogP contribution in [0, 0.1) is 5.82 Å². The van der Waals surface area contributed by atoms with Gasteiger partial charge in [-0.15, -0.1) is 11.6 Å². The minimum Gasteiger partial charge on any atom is -0.494 e. The van der Waals surface area contributed by atoms with Crippen LogP contribution < -0.4 is 4.74 Å². The number of ether oxygens (including phenoxy) is 1. The maximum atomic E-state index is 14.0. The fourth-order valence-electron chi connectivity index (χ4n) is 1.84. The molecule has 0 spiro atoms. The molecule has 1 rings (SSSR count). The third-order valence-electron chi connectivity index (χ3n) is 2.95. The Hall–Kier alpha value is -0.800. The molecule has 0 aromatic heterocycles. The summed E-state index contributed by atoms with van der Waals surface area (Å²) in [4.78, 5) is 2.21. The molecule has 0 fully saturated rings. The lowest BCUT2D eigenvalue weighted by molar-refractivity contribution is 0.210. The van der Waals surface area contributed by atoms with Gasteiger partial charge in [-0.1, -0.05) is 12.1 Å². The molecule has 0 bridgehead atoms. The molecule has 1 aromatic carbocycles. The number of hydrogen-bond acceptors (Lipinski definition) is 2. The molecule has 0 heterocycles. The number of alkyl halides is 1. The van der Waals surface area contributed by atoms with Gasteiger partial charge < -0.3 is 4.74 Å². The van der Waals surface area contributed by atoms with E-state index in [2.05, 4.69) is 18.7 Å². The van der Waals surface area contributed by atoms with Crippen LogP contribution in [0.5, 0.6) is 5.75 Å². The van der Waals surface area contributed by atoms with Crippen molar-refractivity contribution in [2.75, 3.05) is 19.5 Å². The summed E-state index contributed by atoms with van der Waals surface area (Å²) in [5.74, 6) is 0.661. The van der Waals surface area contributed by atoms with Crippen LogP contribution in [-0.2, 0) is 6.54 Å². The molecule has 4 heteroatoms. The topological polar surface area (TPSA) is 12.5 Å². The number of benzene rings is 1. The first-order chi connectivity index (χ1) is 8.60. The highest BCUT2D eigenvalue weighted by Gasteiger charge is 2.14. The first-order valence-corrected chi connectivity index (χ1v) is 6.75. The molecule has 0 aliphatic heterocycles. The van der Waals surface area contributed by atoms with Gasteiger partial charge in [0.25, 0.3) is 0 Å². The third kappa shape index (κ3) is 4.14. The minimum atomic E-state index is -0.267. The van der Waals surface area contributed by atoms with Gasteiger partial charge in [-0.2, -0.15) is 0 Å². The molecule has 1 aromatic rings. The largest absolute Gasteiger partial charge is 0.494 e. The molecular formula is C14H21ClFNO. The summed E-state index contributed by atoms with van der Waals surface area (Å²) in [6.45, 7) is 5.66. The quantitative estimate of drug-likeness (QED) is 0.703. The van der Waals surface area contributed by atoms with Crippen LogP contribution in [-0.4, -0.2) is 30.5 Å². The zero-order valence-corrected chi connectivity index (χ0v) is 12.0. The fraction of sp³-hybridized carbons (Fsp3) is 0.571. The van der Waals surface area contributed by atoms with Crippen molar-refractivity contribution in [1.29, 1.82) is 0 Å². The lowest BCUT2D eigenvalue weighted by Gasteiger charge is -2.26. The van der Waals surface area contributed by atoms with E-state index in [-0.39, 0.29) is 5.82 Å². The smallest absolute Gasteiger partial charge is 0.169 e. The normalized spacial score (nSPS) is 11.3. The first-order valence-electron chi connectivity index (χ1n) is 6.21. The van der Waals surface area contributed by atoms with E-state index < -0.39 is 0 Å². The summed E-state index contributed by atoms with van der Waals surface area (Å²) in [5.41, 5.74) is 0.664. The second-order valence-electron chi connectivity index (χ2n) is 4.54. The van der Waals surface area contributed by atoms with Crippen molar-refractivity contribution >= 4 is 11.6 Å². The van der Waals surface area contributed by atoms with Crippen molar-refractivity contribution in [3.63, 3.8) is 0 Å². The van der Waals surface area contributed by atoms with Gasteiger partial charge in [-0.05, 0) is 32.9 Å². The zero-order valence-electron chi connectivity index (χ0n) is 11.2. The SMILES string of the molecule is COc1cccc(CN(CCCCl)C(C)C)c1F. The van der Waals surface area contributed by atoms with Crippen LogP contribution in [0.2, 0.25) is 0 Å². The van der Waals surface area contributed by atoms with Gasteiger partial charge in [-0.25, -0.2) is 4.39 Å². The molecule has 2 nitrogen and oxygen atoms in total. The van der Waals surface area contributed by atoms with Gasteiger partial charge in [0.05, 0.1) is 7.11 Å². The van der Waals surface area contributed by atoms with E-state index in [1.807, 2.05) is 6.07 Å². The van der Waals surface area contributed by atoms with Gasteiger partial charge in [0, 0.05) is 24.0 Å². The van der Waals surface area contributed by atoms with Crippen LogP contribution in [0.15, 0.2) is 18.2 Å². The van der Waals surface area contributed by atoms with E-state index in [0.29, 0.717) is 29.8 Å². The van der Waals surface area contributed by atoms with Gasteiger partial charge in [0.1, 0.15) is 0 Å². The number of hydrogen-bond donors (Lipinski definition) is 0. The molecule has 0 aliphatic carbocycles. The molecule has 18 heavy (non-hydrogen) atoms. The highest BCUT2D eigenvalue weighted by molar-refractivity contribution is 6.17. The number of methoxy groups -OCH3 is 1. The number of rotatable bonds is 7. The average molecular weight is 274 g/mol. The molecule has 0 saturated heterocycles. The van der Waals surface area contributed by atoms with Gasteiger partial charge in [-0.3, -0.25) is 4.90 Å². The van der Waals surface area contributed by atoms with E-state index in [0.717, 1.165) is 13.0 Å². The Morgan fingerprint density at radius 2 is 2.11 bits per heavy atom. The first kappa shape index (κ1) is 15.3. The molecule has 0 aliphatic rings. The molecule has 0 unspecified atom stereocenters. The Morgan fingerprint density at radius 1 is 1.39 bits per heavy atom. The molecule has 0 N–H and O–H groups in total. The van der Waals surface area contributed by atoms with Crippen LogP contribution in [0.4, 0.5) is 4.39 Å². The van der Waals surface area contributed by atoms with Crippen molar-refractivity contribution in [2.45, 2.75) is 32.9 Å². The second kappa shape index (κ2) is 7.59. The van der Waals surface area contributed by atoms with E-state index >= 15 is 0 Å². The summed E-state index contributed by atoms with van der Waals surface area (Å²) >= 11 is 5.71. The molecular weight excluding hydrogens is 253 g/mol. The molecule has 0 amide bonds. The van der Waals surface area contributed by atoms with E-state index in [4.69, 9.17) is 16.3 Å². The average Bonchev–Trinajstić information content (AvgIpc) is 2.36. The van der Waals surface area contributed by atoms with Crippen molar-refractivity contribution in [1.82, 2.24) is 4.90 Å². The fourth-order valence-corrected chi connectivity index (χ4v) is 1.96. The van der Waals surface area contributed by atoms with Crippen LogP contribution in [0.3, 0.4) is 0 Å². The van der Waals surface area contributed by atoms with Gasteiger partial charge in [0.2, 0.25) is 0 Å². The molecule has 0 saturated carbocycles. The summed E-state index contributed by atoms with van der Waals surface area (Å²) in [5, 5.41) is 0. The predicted octanol–water partition coefficient (Wildman–Crippen LogP) is 3.67. The summed E-state index contributed by atoms with van der Waals surface area (Å²) in [6.07, 6.45) is 0.908. The van der Waals surface area contributed by atoms with E-state index in [1.54, 1.807) is 12.1 Å². The highest BCUT2D eigenvalue weighted by atomic mass is 35.5. The van der Waals surface area contributed by atoms with Crippen molar-refractivity contribution in [3.8, 4) is 5.75 Å². The standard InChI is InChI=1S/C14H21ClFNO/c1-11(2)17(9-5-8-15)10-12-6-4-7-13(18-3)14(12)16/h4,6-7,11H,5,8-10H2,1-3H3. The maximum absolute atomic E-state index is 14.0. The number of nitrogens with zero attached hydrogens (tertiary/aromatic N) is 1. The highest BCUT2D eigenvalue weighted by Crippen LogP contribution is 2.21. The van der Waals surface area contributed by atoms with Crippen molar-refractivity contribution in [3.05, 3.63) is 29.6 Å². The second-order valence-corrected chi connectivity index (χ2v) is 4.92. The summed E-state index contributed by atoms with van der Waals surface area (Å²) in [7, 11) is 1.48. The number of halogens is 2. The molecule has 0 radical (unpaired) electrons. The predicted molar refractivity (Wildman–Crippen MR) is 73.8 cm³/mol. The van der Waals surface area contributed by atoms with Crippen LogP contribution in [0.1, 0.15) is 25.8 Å². The zero-order chi connectivity index (χ0) is 13.5. The van der Waals surface area contributed by atoms with Gasteiger partial charge >= 0.3 is 0 Å². The lowest BCUT2D eigenvalue weighted by Crippen LogP contribution is -2.31. The van der Waals surface area contributed by atoms with E-state index in [9.17, 15) is 4.39 Å². The summed E-state index contributed by atoms with van der Waals surface area (Å²) < 4.78 is 19.0. The molecule has 0 atom stereocenters. The Labute approximate surface area is 114 Å². The Balaban J connectivity index is 2.80. The van der Waals surface area contributed by atoms with Crippen LogP contribution in [0.25, 0.3) is 0 Å².